The predicted octanol–water partition coefficient (Wildman–Crippen LogP) is 2.47. The molecule has 1 saturated heterocycles. The number of carbonyl (C=O) groups is 2. The van der Waals surface area contributed by atoms with Crippen molar-refractivity contribution in [2.75, 3.05) is 18.4 Å². The number of piperidine rings is 1. The van der Waals surface area contributed by atoms with Gasteiger partial charge in [0, 0.05) is 25.4 Å². The van der Waals surface area contributed by atoms with Gasteiger partial charge in [0.1, 0.15) is 6.04 Å². The van der Waals surface area contributed by atoms with Crippen molar-refractivity contribution >= 4 is 28.3 Å². The van der Waals surface area contributed by atoms with Crippen LogP contribution in [-0.2, 0) is 16.1 Å². The lowest BCUT2D eigenvalue weighted by Crippen LogP contribution is -2.46. The molecule has 0 aliphatic carbocycles. The highest BCUT2D eigenvalue weighted by Gasteiger charge is 2.24. The third-order valence-corrected chi connectivity index (χ3v) is 5.02. The van der Waals surface area contributed by atoms with Gasteiger partial charge < -0.3 is 10.6 Å². The van der Waals surface area contributed by atoms with Gasteiger partial charge in [0.15, 0.2) is 5.13 Å². The van der Waals surface area contributed by atoms with Crippen molar-refractivity contribution in [1.29, 1.82) is 0 Å². The van der Waals surface area contributed by atoms with Gasteiger partial charge in [-0.15, -0.1) is 11.3 Å². The molecule has 24 heavy (non-hydrogen) atoms. The molecule has 7 heteroatoms. The van der Waals surface area contributed by atoms with Crippen LogP contribution in [0.4, 0.5) is 5.13 Å². The van der Waals surface area contributed by atoms with E-state index >= 15 is 0 Å². The minimum atomic E-state index is -0.544. The van der Waals surface area contributed by atoms with Crippen molar-refractivity contribution in [2.45, 2.75) is 53.1 Å². The monoisotopic (exact) mass is 352 g/mol. The summed E-state index contributed by atoms with van der Waals surface area (Å²) in [6, 6.07) is -0.544. The van der Waals surface area contributed by atoms with E-state index < -0.39 is 6.04 Å². The van der Waals surface area contributed by atoms with E-state index in [0.717, 1.165) is 31.2 Å². The number of thiazole rings is 1. The van der Waals surface area contributed by atoms with Gasteiger partial charge in [-0.3, -0.25) is 14.5 Å². The summed E-state index contributed by atoms with van der Waals surface area (Å²) in [7, 11) is 0. The van der Waals surface area contributed by atoms with Gasteiger partial charge in [-0.1, -0.05) is 20.8 Å². The summed E-state index contributed by atoms with van der Waals surface area (Å²) in [5.41, 5.74) is 0.991. The summed E-state index contributed by atoms with van der Waals surface area (Å²) < 4.78 is 0. The largest absolute Gasteiger partial charge is 0.344 e. The van der Waals surface area contributed by atoms with Gasteiger partial charge >= 0.3 is 0 Å². The first-order chi connectivity index (χ1) is 11.3. The van der Waals surface area contributed by atoms with Crippen LogP contribution in [-0.4, -0.2) is 40.8 Å². The lowest BCUT2D eigenvalue weighted by atomic mass is 10.0. The molecule has 0 spiro atoms. The zero-order valence-corrected chi connectivity index (χ0v) is 15.8. The van der Waals surface area contributed by atoms with E-state index in [1.807, 2.05) is 19.2 Å². The molecule has 1 aromatic rings. The number of hydrogen-bond donors (Lipinski definition) is 2. The van der Waals surface area contributed by atoms with Crippen molar-refractivity contribution in [3.63, 3.8) is 0 Å². The van der Waals surface area contributed by atoms with Crippen LogP contribution >= 0.6 is 11.3 Å². The Morgan fingerprint density at radius 2 is 2.21 bits per heavy atom. The van der Waals surface area contributed by atoms with Crippen molar-refractivity contribution in [3.05, 3.63) is 11.1 Å². The highest BCUT2D eigenvalue weighted by molar-refractivity contribution is 7.13. The van der Waals surface area contributed by atoms with E-state index in [9.17, 15) is 9.59 Å². The SMILES string of the molecule is CC(=O)NC(C(=O)Nc1nc(CN2CCCC(C)C2)cs1)C(C)C. The average molecular weight is 353 g/mol. The molecule has 2 unspecified atom stereocenters. The summed E-state index contributed by atoms with van der Waals surface area (Å²) in [5, 5.41) is 8.12. The average Bonchev–Trinajstić information content (AvgIpc) is 2.91. The first-order valence-corrected chi connectivity index (χ1v) is 9.48. The molecule has 2 atom stereocenters. The molecule has 1 aliphatic heterocycles. The Morgan fingerprint density at radius 3 is 2.83 bits per heavy atom. The Morgan fingerprint density at radius 1 is 1.46 bits per heavy atom. The highest BCUT2D eigenvalue weighted by Crippen LogP contribution is 2.21. The second-order valence-electron chi connectivity index (χ2n) is 7.04. The Hall–Kier alpha value is -1.47. The third-order valence-electron chi connectivity index (χ3n) is 4.22. The molecule has 2 amide bonds. The van der Waals surface area contributed by atoms with E-state index in [2.05, 4.69) is 27.4 Å². The van der Waals surface area contributed by atoms with E-state index in [1.165, 1.54) is 31.1 Å². The molecular weight excluding hydrogens is 324 g/mol. The van der Waals surface area contributed by atoms with Gasteiger partial charge in [0.2, 0.25) is 11.8 Å². The van der Waals surface area contributed by atoms with Crippen LogP contribution in [0.1, 0.15) is 46.2 Å². The minimum absolute atomic E-state index is 0.0168. The molecule has 0 saturated carbocycles. The molecule has 2 N–H and O–H groups in total. The lowest BCUT2D eigenvalue weighted by Gasteiger charge is -2.30. The Bertz CT molecular complexity index is 573. The first kappa shape index (κ1) is 18.9. The number of anilines is 1. The fourth-order valence-corrected chi connectivity index (χ4v) is 3.74. The Balaban J connectivity index is 1.92. The van der Waals surface area contributed by atoms with Gasteiger partial charge in [0.05, 0.1) is 5.69 Å². The number of nitrogens with one attached hydrogen (secondary N) is 2. The number of carbonyl (C=O) groups excluding carboxylic acids is 2. The van der Waals surface area contributed by atoms with Gasteiger partial charge in [-0.05, 0) is 31.2 Å². The van der Waals surface area contributed by atoms with Crippen LogP contribution in [0.15, 0.2) is 5.38 Å². The molecule has 0 bridgehead atoms. The summed E-state index contributed by atoms with van der Waals surface area (Å²) in [6.07, 6.45) is 2.54. The smallest absolute Gasteiger partial charge is 0.248 e. The highest BCUT2D eigenvalue weighted by atomic mass is 32.1. The van der Waals surface area contributed by atoms with Crippen LogP contribution in [0.2, 0.25) is 0 Å². The minimum Gasteiger partial charge on any atom is -0.344 e. The summed E-state index contributed by atoms with van der Waals surface area (Å²) in [6.45, 7) is 10.6. The molecule has 1 aromatic heterocycles. The first-order valence-electron chi connectivity index (χ1n) is 8.60. The molecule has 0 radical (unpaired) electrons. The maximum atomic E-state index is 12.4. The number of likely N-dealkylation sites (tertiary alicyclic amines) is 1. The molecule has 2 heterocycles. The molecule has 1 fully saturated rings. The second kappa shape index (κ2) is 8.58. The van der Waals surface area contributed by atoms with Crippen LogP contribution in [0.25, 0.3) is 0 Å². The Labute approximate surface area is 148 Å². The molecule has 0 aromatic carbocycles. The fourth-order valence-electron chi connectivity index (χ4n) is 3.03. The fraction of sp³-hybridized carbons (Fsp3) is 0.706. The van der Waals surface area contributed by atoms with E-state index in [4.69, 9.17) is 0 Å². The normalized spacial score (nSPS) is 20.0. The zero-order valence-electron chi connectivity index (χ0n) is 15.0. The van der Waals surface area contributed by atoms with E-state index in [0.29, 0.717) is 5.13 Å². The zero-order chi connectivity index (χ0) is 17.7. The van der Waals surface area contributed by atoms with E-state index in [1.54, 1.807) is 0 Å². The van der Waals surface area contributed by atoms with Gasteiger partial charge in [0.25, 0.3) is 0 Å². The maximum absolute atomic E-state index is 12.4. The quantitative estimate of drug-likeness (QED) is 0.825. The lowest BCUT2D eigenvalue weighted by molar-refractivity contribution is -0.126. The van der Waals surface area contributed by atoms with Crippen LogP contribution in [0.5, 0.6) is 0 Å². The molecular formula is C17H28N4O2S. The number of nitrogens with zero attached hydrogens (tertiary/aromatic N) is 2. The number of hydrogen-bond acceptors (Lipinski definition) is 5. The topological polar surface area (TPSA) is 74.3 Å². The standard InChI is InChI=1S/C17H28N4O2S/c1-11(2)15(18-13(4)22)16(23)20-17-19-14(10-24-17)9-21-7-5-6-12(3)8-21/h10-12,15H,5-9H2,1-4H3,(H,18,22)(H,19,20,23). The summed E-state index contributed by atoms with van der Waals surface area (Å²) in [5.74, 6) is 0.333. The Kier molecular flexibility index (Phi) is 6.74. The van der Waals surface area contributed by atoms with Crippen LogP contribution < -0.4 is 10.6 Å². The van der Waals surface area contributed by atoms with Gasteiger partial charge in [-0.2, -0.15) is 0 Å². The third kappa shape index (κ3) is 5.56. The summed E-state index contributed by atoms with van der Waals surface area (Å²) >= 11 is 1.43. The predicted molar refractivity (Wildman–Crippen MR) is 96.9 cm³/mol. The number of rotatable bonds is 6. The van der Waals surface area contributed by atoms with Crippen molar-refractivity contribution in [2.24, 2.45) is 11.8 Å². The molecule has 2 rings (SSSR count). The number of amides is 2. The summed E-state index contributed by atoms with van der Waals surface area (Å²) in [4.78, 5) is 30.6. The maximum Gasteiger partial charge on any atom is 0.248 e. The molecule has 134 valence electrons. The van der Waals surface area contributed by atoms with Crippen LogP contribution in [0.3, 0.4) is 0 Å². The van der Waals surface area contributed by atoms with E-state index in [-0.39, 0.29) is 17.7 Å². The van der Waals surface area contributed by atoms with Gasteiger partial charge in [-0.25, -0.2) is 4.98 Å². The van der Waals surface area contributed by atoms with Crippen molar-refractivity contribution in [3.8, 4) is 0 Å². The van der Waals surface area contributed by atoms with Crippen molar-refractivity contribution in [1.82, 2.24) is 15.2 Å². The van der Waals surface area contributed by atoms with Crippen molar-refractivity contribution < 1.29 is 9.59 Å². The molecule has 6 nitrogen and oxygen atoms in total. The van der Waals surface area contributed by atoms with Crippen LogP contribution in [0, 0.1) is 11.8 Å². The second-order valence-corrected chi connectivity index (χ2v) is 7.90. The molecule has 1 aliphatic rings. The number of aromatic nitrogens is 1.